The Morgan fingerprint density at radius 1 is 1.00 bits per heavy atom. The third kappa shape index (κ3) is 3.78. The number of methoxy groups -OCH3 is 2. The van der Waals surface area contributed by atoms with E-state index >= 15 is 0 Å². The van der Waals surface area contributed by atoms with Gasteiger partial charge in [-0.2, -0.15) is 0 Å². The number of aliphatic hydroxyl groups is 1. The maximum Gasteiger partial charge on any atom is 0.251 e. The van der Waals surface area contributed by atoms with Crippen LogP contribution in [0, 0.1) is 0 Å². The van der Waals surface area contributed by atoms with Crippen molar-refractivity contribution in [3.8, 4) is 11.5 Å². The Balaban J connectivity index is 1.75. The number of hydrogen-bond donors (Lipinski definition) is 2. The minimum Gasteiger partial charge on any atom is -0.497 e. The van der Waals surface area contributed by atoms with E-state index in [-0.39, 0.29) is 12.5 Å². The van der Waals surface area contributed by atoms with Crippen molar-refractivity contribution in [3.05, 3.63) is 71.8 Å². The quantitative estimate of drug-likeness (QED) is 0.715. The van der Waals surface area contributed by atoms with E-state index in [0.717, 1.165) is 16.3 Å². The Bertz CT molecular complexity index is 895. The number of ether oxygens (including phenoxy) is 2. The fourth-order valence-electron chi connectivity index (χ4n) is 2.88. The number of benzene rings is 3. The molecule has 0 bridgehead atoms. The largest absolute Gasteiger partial charge is 0.497 e. The Morgan fingerprint density at radius 2 is 1.65 bits per heavy atom. The third-order valence-corrected chi connectivity index (χ3v) is 4.25. The summed E-state index contributed by atoms with van der Waals surface area (Å²) in [5.74, 6) is 0.759. The Kier molecular flexibility index (Phi) is 5.39. The van der Waals surface area contributed by atoms with Gasteiger partial charge in [-0.15, -0.1) is 0 Å². The maximum atomic E-state index is 12.4. The van der Waals surface area contributed by atoms with Crippen LogP contribution < -0.4 is 14.8 Å². The van der Waals surface area contributed by atoms with E-state index in [1.165, 1.54) is 14.2 Å². The third-order valence-electron chi connectivity index (χ3n) is 4.25. The van der Waals surface area contributed by atoms with Crippen molar-refractivity contribution in [2.75, 3.05) is 20.8 Å². The van der Waals surface area contributed by atoms with Gasteiger partial charge in [0.25, 0.3) is 5.91 Å². The Labute approximate surface area is 152 Å². The summed E-state index contributed by atoms with van der Waals surface area (Å²) in [5.41, 5.74) is 1.19. The molecule has 0 fully saturated rings. The summed E-state index contributed by atoms with van der Waals surface area (Å²) in [6.07, 6.45) is -0.808. The number of rotatable bonds is 6. The van der Waals surface area contributed by atoms with Crippen LogP contribution in [0.5, 0.6) is 11.5 Å². The molecule has 3 rings (SSSR count). The Morgan fingerprint density at radius 3 is 2.35 bits per heavy atom. The number of fused-ring (bicyclic) bond motifs is 1. The van der Waals surface area contributed by atoms with E-state index in [2.05, 4.69) is 5.32 Å². The minimum atomic E-state index is -0.808. The number of carbonyl (C=O) groups is 1. The summed E-state index contributed by atoms with van der Waals surface area (Å²) in [4.78, 5) is 12.4. The molecule has 3 aromatic rings. The average Bonchev–Trinajstić information content (AvgIpc) is 2.70. The van der Waals surface area contributed by atoms with Gasteiger partial charge in [0, 0.05) is 18.2 Å². The normalized spacial score (nSPS) is 11.8. The molecule has 0 radical (unpaired) electrons. The van der Waals surface area contributed by atoms with E-state index in [9.17, 15) is 9.90 Å². The van der Waals surface area contributed by atoms with Gasteiger partial charge in [0.1, 0.15) is 11.5 Å². The lowest BCUT2D eigenvalue weighted by atomic mass is 10.0. The standard InChI is InChI=1S/C21H21NO4/c1-25-16-10-15(11-17(12-16)26-2)21(24)22-13-20(23)19-9-5-7-14-6-3-4-8-18(14)19/h3-12,20,23H,13H2,1-2H3,(H,22,24). The van der Waals surface area contributed by atoms with E-state index in [1.54, 1.807) is 18.2 Å². The van der Waals surface area contributed by atoms with Gasteiger partial charge in [0.15, 0.2) is 0 Å². The van der Waals surface area contributed by atoms with E-state index in [0.29, 0.717) is 17.1 Å². The van der Waals surface area contributed by atoms with Crippen molar-refractivity contribution in [2.45, 2.75) is 6.10 Å². The van der Waals surface area contributed by atoms with E-state index < -0.39 is 6.10 Å². The van der Waals surface area contributed by atoms with Gasteiger partial charge in [0.05, 0.1) is 20.3 Å². The molecule has 26 heavy (non-hydrogen) atoms. The van der Waals surface area contributed by atoms with Crippen LogP contribution in [0.15, 0.2) is 60.7 Å². The SMILES string of the molecule is COc1cc(OC)cc(C(=O)NCC(O)c2cccc3ccccc23)c1. The lowest BCUT2D eigenvalue weighted by Crippen LogP contribution is -2.28. The van der Waals surface area contributed by atoms with Crippen LogP contribution in [0.3, 0.4) is 0 Å². The van der Waals surface area contributed by atoms with Crippen LogP contribution in [0.2, 0.25) is 0 Å². The zero-order chi connectivity index (χ0) is 18.5. The maximum absolute atomic E-state index is 12.4. The summed E-state index contributed by atoms with van der Waals surface area (Å²) in [7, 11) is 3.06. The first-order valence-corrected chi connectivity index (χ1v) is 8.29. The summed E-state index contributed by atoms with van der Waals surface area (Å²) in [6, 6.07) is 18.5. The van der Waals surface area contributed by atoms with Gasteiger partial charge in [0.2, 0.25) is 0 Å². The average molecular weight is 351 g/mol. The molecule has 1 amide bonds. The zero-order valence-corrected chi connectivity index (χ0v) is 14.7. The van der Waals surface area contributed by atoms with Gasteiger partial charge < -0.3 is 19.9 Å². The van der Waals surface area contributed by atoms with Crippen molar-refractivity contribution < 1.29 is 19.4 Å². The fourth-order valence-corrected chi connectivity index (χ4v) is 2.88. The van der Waals surface area contributed by atoms with Gasteiger partial charge in [-0.1, -0.05) is 42.5 Å². The van der Waals surface area contributed by atoms with Crippen LogP contribution in [0.25, 0.3) is 10.8 Å². The van der Waals surface area contributed by atoms with Gasteiger partial charge in [-0.25, -0.2) is 0 Å². The van der Waals surface area contributed by atoms with Crippen LogP contribution in [0.1, 0.15) is 22.0 Å². The number of hydrogen-bond acceptors (Lipinski definition) is 4. The number of nitrogens with one attached hydrogen (secondary N) is 1. The van der Waals surface area contributed by atoms with E-state index in [1.807, 2.05) is 42.5 Å². The molecule has 0 saturated carbocycles. The highest BCUT2D eigenvalue weighted by molar-refractivity contribution is 5.95. The fraction of sp³-hybridized carbons (Fsp3) is 0.190. The van der Waals surface area contributed by atoms with Crippen molar-refractivity contribution in [1.29, 1.82) is 0 Å². The molecule has 5 nitrogen and oxygen atoms in total. The molecular weight excluding hydrogens is 330 g/mol. The van der Waals surface area contributed by atoms with Crippen molar-refractivity contribution in [3.63, 3.8) is 0 Å². The highest BCUT2D eigenvalue weighted by Gasteiger charge is 2.14. The van der Waals surface area contributed by atoms with Crippen molar-refractivity contribution in [1.82, 2.24) is 5.32 Å². The second-order valence-corrected chi connectivity index (χ2v) is 5.90. The second-order valence-electron chi connectivity index (χ2n) is 5.90. The van der Waals surface area contributed by atoms with Crippen LogP contribution in [-0.2, 0) is 0 Å². The molecule has 0 heterocycles. The lowest BCUT2D eigenvalue weighted by Gasteiger charge is -2.15. The first-order valence-electron chi connectivity index (χ1n) is 8.29. The second kappa shape index (κ2) is 7.89. The Hall–Kier alpha value is -3.05. The zero-order valence-electron chi connectivity index (χ0n) is 14.7. The van der Waals surface area contributed by atoms with Crippen LogP contribution in [-0.4, -0.2) is 31.8 Å². The van der Waals surface area contributed by atoms with Gasteiger partial charge in [-0.05, 0) is 28.5 Å². The summed E-state index contributed by atoms with van der Waals surface area (Å²) >= 11 is 0. The first kappa shape index (κ1) is 17.8. The van der Waals surface area contributed by atoms with Crippen molar-refractivity contribution in [2.24, 2.45) is 0 Å². The first-order chi connectivity index (χ1) is 12.6. The smallest absolute Gasteiger partial charge is 0.251 e. The van der Waals surface area contributed by atoms with Gasteiger partial charge >= 0.3 is 0 Å². The monoisotopic (exact) mass is 351 g/mol. The summed E-state index contributed by atoms with van der Waals surface area (Å²) in [5, 5.41) is 15.3. The number of aliphatic hydroxyl groups excluding tert-OH is 1. The molecular formula is C21H21NO4. The molecule has 0 spiro atoms. The molecule has 0 aliphatic carbocycles. The number of amides is 1. The lowest BCUT2D eigenvalue weighted by molar-refractivity contribution is 0.0916. The molecule has 5 heteroatoms. The molecule has 1 unspecified atom stereocenters. The highest BCUT2D eigenvalue weighted by atomic mass is 16.5. The summed E-state index contributed by atoms with van der Waals surface area (Å²) < 4.78 is 10.4. The molecule has 3 aromatic carbocycles. The predicted molar refractivity (Wildman–Crippen MR) is 101 cm³/mol. The molecule has 0 aromatic heterocycles. The molecule has 1 atom stereocenters. The topological polar surface area (TPSA) is 67.8 Å². The predicted octanol–water partition coefficient (Wildman–Crippen LogP) is 3.32. The van der Waals surface area contributed by atoms with Crippen molar-refractivity contribution >= 4 is 16.7 Å². The number of carbonyl (C=O) groups excluding carboxylic acids is 1. The molecule has 0 aliphatic heterocycles. The highest BCUT2D eigenvalue weighted by Crippen LogP contribution is 2.25. The minimum absolute atomic E-state index is 0.104. The molecule has 2 N–H and O–H groups in total. The molecule has 0 aliphatic rings. The van der Waals surface area contributed by atoms with Crippen LogP contribution in [0.4, 0.5) is 0 Å². The summed E-state index contributed by atoms with van der Waals surface area (Å²) in [6.45, 7) is 0.104. The van der Waals surface area contributed by atoms with Crippen LogP contribution >= 0.6 is 0 Å². The molecule has 0 saturated heterocycles. The van der Waals surface area contributed by atoms with Gasteiger partial charge in [-0.3, -0.25) is 4.79 Å². The molecule has 134 valence electrons. The van der Waals surface area contributed by atoms with E-state index in [4.69, 9.17) is 9.47 Å².